The highest BCUT2D eigenvalue weighted by Crippen LogP contribution is 2.18. The summed E-state index contributed by atoms with van der Waals surface area (Å²) in [4.78, 5) is 10.5. The van der Waals surface area contributed by atoms with Crippen LogP contribution in [0.15, 0.2) is 5.70 Å². The Bertz CT molecular complexity index is 224. The van der Waals surface area contributed by atoms with Gasteiger partial charge in [-0.05, 0) is 12.8 Å². The molecule has 1 aliphatic rings. The predicted octanol–water partition coefficient (Wildman–Crippen LogP) is 0.857. The minimum absolute atomic E-state index is 0.151. The lowest BCUT2D eigenvalue weighted by atomic mass is 10.1. The number of unbranched alkanes of at least 4 members (excludes halogenated alkanes) is 1. The van der Waals surface area contributed by atoms with Crippen LogP contribution in [-0.4, -0.2) is 30.2 Å². The molecule has 1 heterocycles. The summed E-state index contributed by atoms with van der Waals surface area (Å²) < 4.78 is 5.62. The van der Waals surface area contributed by atoms with Crippen LogP contribution in [-0.2, 0) is 9.53 Å². The number of carbonyl (C=O) groups excluding carboxylic acids is 1. The number of ether oxygens (including phenoxy) is 1. The van der Waals surface area contributed by atoms with E-state index in [1.54, 1.807) is 0 Å². The Kier molecular flexibility index (Phi) is 4.66. The van der Waals surface area contributed by atoms with Crippen LogP contribution in [0, 0.1) is 0 Å². The van der Waals surface area contributed by atoms with Crippen LogP contribution in [0.4, 0.5) is 0 Å². The number of hydrogen-bond donors (Lipinski definition) is 1. The summed E-state index contributed by atoms with van der Waals surface area (Å²) in [5.74, 6) is 7.45. The van der Waals surface area contributed by atoms with E-state index in [1.165, 1.54) is 5.01 Å². The Balaban J connectivity index is 2.32. The second-order valence-corrected chi connectivity index (χ2v) is 3.58. The van der Waals surface area contributed by atoms with Crippen molar-refractivity contribution >= 4 is 5.94 Å². The van der Waals surface area contributed by atoms with Gasteiger partial charge in [-0.2, -0.15) is 0 Å². The predicted molar refractivity (Wildman–Crippen MR) is 54.0 cm³/mol. The lowest BCUT2D eigenvalue weighted by molar-refractivity contribution is 0.0219. The molecule has 1 saturated heterocycles. The van der Waals surface area contributed by atoms with Crippen LogP contribution in [0.2, 0.25) is 0 Å². The lowest BCUT2D eigenvalue weighted by Gasteiger charge is -2.30. The van der Waals surface area contributed by atoms with Crippen molar-refractivity contribution in [3.63, 3.8) is 0 Å². The second-order valence-electron chi connectivity index (χ2n) is 3.58. The molecule has 2 N–H and O–H groups in total. The SMILES string of the molecule is CCCCOC1CCN(N)C(=C=O)C1. The number of rotatable bonds is 4. The molecule has 4 heteroatoms. The van der Waals surface area contributed by atoms with Crippen LogP contribution in [0.25, 0.3) is 0 Å². The van der Waals surface area contributed by atoms with Gasteiger partial charge in [0, 0.05) is 19.6 Å². The molecule has 0 aromatic rings. The van der Waals surface area contributed by atoms with E-state index < -0.39 is 0 Å². The first-order valence-electron chi connectivity index (χ1n) is 5.15. The maximum Gasteiger partial charge on any atom is 0.147 e. The van der Waals surface area contributed by atoms with Gasteiger partial charge in [0.25, 0.3) is 0 Å². The quantitative estimate of drug-likeness (QED) is 0.413. The van der Waals surface area contributed by atoms with E-state index in [4.69, 9.17) is 10.6 Å². The highest BCUT2D eigenvalue weighted by molar-refractivity contribution is 5.51. The molecule has 1 atom stereocenters. The molecule has 0 radical (unpaired) electrons. The first kappa shape index (κ1) is 11.2. The minimum atomic E-state index is 0.151. The van der Waals surface area contributed by atoms with E-state index in [-0.39, 0.29) is 6.10 Å². The van der Waals surface area contributed by atoms with Crippen molar-refractivity contribution in [3.05, 3.63) is 5.70 Å². The van der Waals surface area contributed by atoms with Crippen LogP contribution >= 0.6 is 0 Å². The lowest BCUT2D eigenvalue weighted by Crippen LogP contribution is -2.40. The average Bonchev–Trinajstić information content (AvgIpc) is 2.21. The number of hydrogen-bond acceptors (Lipinski definition) is 4. The number of nitrogens with two attached hydrogens (primary N) is 1. The third kappa shape index (κ3) is 3.14. The van der Waals surface area contributed by atoms with Gasteiger partial charge in [0.1, 0.15) is 11.6 Å². The molecule has 80 valence electrons. The van der Waals surface area contributed by atoms with E-state index in [0.717, 1.165) is 25.9 Å². The van der Waals surface area contributed by atoms with Crippen molar-refractivity contribution in [2.45, 2.75) is 38.7 Å². The zero-order chi connectivity index (χ0) is 10.4. The van der Waals surface area contributed by atoms with Crippen molar-refractivity contribution in [2.24, 2.45) is 5.84 Å². The number of piperidine rings is 1. The van der Waals surface area contributed by atoms with Crippen LogP contribution in [0.5, 0.6) is 0 Å². The summed E-state index contributed by atoms with van der Waals surface area (Å²) in [6.45, 7) is 3.59. The summed E-state index contributed by atoms with van der Waals surface area (Å²) in [6.07, 6.45) is 3.85. The summed E-state index contributed by atoms with van der Waals surface area (Å²) in [7, 11) is 0. The van der Waals surface area contributed by atoms with Gasteiger partial charge in [-0.15, -0.1) is 0 Å². The van der Waals surface area contributed by atoms with E-state index in [1.807, 2.05) is 5.94 Å². The summed E-state index contributed by atoms with van der Waals surface area (Å²) >= 11 is 0. The third-order valence-electron chi connectivity index (χ3n) is 2.43. The largest absolute Gasteiger partial charge is 0.378 e. The Labute approximate surface area is 84.7 Å². The molecule has 0 aliphatic carbocycles. The fourth-order valence-corrected chi connectivity index (χ4v) is 1.49. The summed E-state index contributed by atoms with van der Waals surface area (Å²) in [5.41, 5.74) is 0.526. The van der Waals surface area contributed by atoms with E-state index >= 15 is 0 Å². The van der Waals surface area contributed by atoms with Crippen molar-refractivity contribution < 1.29 is 9.53 Å². The molecule has 0 aromatic heterocycles. The van der Waals surface area contributed by atoms with Gasteiger partial charge in [0.15, 0.2) is 0 Å². The van der Waals surface area contributed by atoms with E-state index in [9.17, 15) is 4.79 Å². The maximum atomic E-state index is 10.5. The molecular formula is C10H18N2O2. The van der Waals surface area contributed by atoms with Crippen molar-refractivity contribution in [1.29, 1.82) is 0 Å². The standard InChI is InChI=1S/C10H18N2O2/c1-2-3-6-14-10-4-5-12(11)9(7-10)8-13/h10H,2-7,11H2,1H3. The van der Waals surface area contributed by atoms with Gasteiger partial charge in [-0.25, -0.2) is 10.6 Å². The highest BCUT2D eigenvalue weighted by Gasteiger charge is 2.22. The third-order valence-corrected chi connectivity index (χ3v) is 2.43. The summed E-state index contributed by atoms with van der Waals surface area (Å²) in [6, 6.07) is 0. The molecule has 0 saturated carbocycles. The molecule has 1 unspecified atom stereocenters. The van der Waals surface area contributed by atoms with Crippen LogP contribution in [0.1, 0.15) is 32.6 Å². The normalized spacial score (nSPS) is 22.3. The first-order chi connectivity index (χ1) is 6.77. The van der Waals surface area contributed by atoms with Gasteiger partial charge in [-0.1, -0.05) is 13.3 Å². The van der Waals surface area contributed by atoms with Crippen molar-refractivity contribution in [2.75, 3.05) is 13.2 Å². The number of nitrogens with zero attached hydrogens (tertiary/aromatic N) is 1. The van der Waals surface area contributed by atoms with Gasteiger partial charge in [0.2, 0.25) is 0 Å². The molecule has 1 aliphatic heterocycles. The smallest absolute Gasteiger partial charge is 0.147 e. The minimum Gasteiger partial charge on any atom is -0.378 e. The van der Waals surface area contributed by atoms with Crippen molar-refractivity contribution in [1.82, 2.24) is 5.01 Å². The first-order valence-corrected chi connectivity index (χ1v) is 5.15. The molecule has 1 rings (SSSR count). The zero-order valence-corrected chi connectivity index (χ0v) is 8.66. The molecule has 0 spiro atoms. The van der Waals surface area contributed by atoms with Gasteiger partial charge < -0.3 is 9.75 Å². The second kappa shape index (κ2) is 5.81. The molecule has 0 aromatic carbocycles. The molecule has 0 bridgehead atoms. The van der Waals surface area contributed by atoms with Crippen LogP contribution in [0.3, 0.4) is 0 Å². The Hall–Kier alpha value is -0.830. The molecule has 4 nitrogen and oxygen atoms in total. The van der Waals surface area contributed by atoms with Gasteiger partial charge >= 0.3 is 0 Å². The Morgan fingerprint density at radius 3 is 3.14 bits per heavy atom. The van der Waals surface area contributed by atoms with E-state index in [0.29, 0.717) is 18.7 Å². The summed E-state index contributed by atoms with van der Waals surface area (Å²) in [5, 5.41) is 1.46. The monoisotopic (exact) mass is 198 g/mol. The highest BCUT2D eigenvalue weighted by atomic mass is 16.5. The Morgan fingerprint density at radius 1 is 1.71 bits per heavy atom. The Morgan fingerprint density at radius 2 is 2.50 bits per heavy atom. The topological polar surface area (TPSA) is 55.6 Å². The van der Waals surface area contributed by atoms with Gasteiger partial charge in [-0.3, -0.25) is 0 Å². The number of hydrazine groups is 1. The fraction of sp³-hybridized carbons (Fsp3) is 0.800. The maximum absolute atomic E-state index is 10.5. The van der Waals surface area contributed by atoms with Crippen LogP contribution < -0.4 is 5.84 Å². The molecule has 14 heavy (non-hydrogen) atoms. The molecular weight excluding hydrogens is 180 g/mol. The average molecular weight is 198 g/mol. The molecule has 0 amide bonds. The van der Waals surface area contributed by atoms with E-state index in [2.05, 4.69) is 6.92 Å². The fourth-order valence-electron chi connectivity index (χ4n) is 1.49. The van der Waals surface area contributed by atoms with Gasteiger partial charge in [0.05, 0.1) is 6.10 Å². The zero-order valence-electron chi connectivity index (χ0n) is 8.66. The van der Waals surface area contributed by atoms with Crippen molar-refractivity contribution in [3.8, 4) is 0 Å². The molecule has 1 fully saturated rings.